The molecule has 0 bridgehead atoms. The second-order valence-corrected chi connectivity index (χ2v) is 20.2. The molecule has 8 fully saturated rings. The largest absolute Gasteiger partial charge is 0.0882 e. The summed E-state index contributed by atoms with van der Waals surface area (Å²) in [5.41, 5.74) is 0.621. The van der Waals surface area contributed by atoms with Crippen LogP contribution in [0.3, 0.4) is 0 Å². The van der Waals surface area contributed by atoms with Gasteiger partial charge in [-0.2, -0.15) is 0 Å². The maximum atomic E-state index is 2.75. The number of hydrogen-bond acceptors (Lipinski definition) is 0. The van der Waals surface area contributed by atoms with E-state index in [1.807, 2.05) is 0 Å². The standard InChI is InChI=1S/C45H72/c1-45(2)43-24-10-9-19-40(43)41-26-25-30(28-44(41)45)32-20-11-22-36-34(32)21-12-23-37(36)35-16-6-8-18-39(35)42-27-29-13-3-4-14-31(29)33-15-5-7-17-38(33)42/h3,13,29-44H,4-12,14-28H2,1-2H3. The molecule has 16 atom stereocenters. The quantitative estimate of drug-likeness (QED) is 0.278. The lowest BCUT2D eigenvalue weighted by Gasteiger charge is -2.57. The van der Waals surface area contributed by atoms with Gasteiger partial charge in [-0.3, -0.25) is 0 Å². The van der Waals surface area contributed by atoms with E-state index < -0.39 is 0 Å². The highest BCUT2D eigenvalue weighted by atomic mass is 14.6. The fourth-order valence-electron chi connectivity index (χ4n) is 17.3. The Morgan fingerprint density at radius 3 is 1.53 bits per heavy atom. The average Bonchev–Trinajstić information content (AvgIpc) is 3.33. The van der Waals surface area contributed by atoms with Crippen LogP contribution in [0.15, 0.2) is 12.2 Å². The van der Waals surface area contributed by atoms with Crippen LogP contribution in [0, 0.1) is 100 Å². The Hall–Kier alpha value is -0.260. The summed E-state index contributed by atoms with van der Waals surface area (Å²) >= 11 is 0. The van der Waals surface area contributed by atoms with Crippen molar-refractivity contribution in [3.8, 4) is 0 Å². The zero-order chi connectivity index (χ0) is 30.1. The summed E-state index contributed by atoms with van der Waals surface area (Å²) in [6.07, 6.45) is 43.2. The van der Waals surface area contributed by atoms with Crippen LogP contribution in [0.2, 0.25) is 0 Å². The molecule has 9 aliphatic carbocycles. The van der Waals surface area contributed by atoms with Crippen LogP contribution in [0.1, 0.15) is 168 Å². The van der Waals surface area contributed by atoms with E-state index >= 15 is 0 Å². The summed E-state index contributed by atoms with van der Waals surface area (Å²) in [4.78, 5) is 0. The lowest BCUT2D eigenvalue weighted by atomic mass is 9.48. The fourth-order valence-corrected chi connectivity index (χ4v) is 17.3. The average molecular weight is 613 g/mol. The van der Waals surface area contributed by atoms with Gasteiger partial charge in [0.2, 0.25) is 0 Å². The van der Waals surface area contributed by atoms with Crippen molar-refractivity contribution < 1.29 is 0 Å². The molecule has 45 heavy (non-hydrogen) atoms. The Morgan fingerprint density at radius 1 is 0.378 bits per heavy atom. The SMILES string of the molecule is CC1(C)C2CCCCC2C2CCC(C3CCCC4C3CCCC4C3CCCCC3C3CC4C=CCCC4C4CCCCC43)CC21. The highest BCUT2D eigenvalue weighted by molar-refractivity contribution is 5.09. The van der Waals surface area contributed by atoms with Gasteiger partial charge in [-0.1, -0.05) is 77.4 Å². The molecule has 0 N–H and O–H groups in total. The molecule has 0 aromatic heterocycles. The zero-order valence-corrected chi connectivity index (χ0v) is 29.9. The zero-order valence-electron chi connectivity index (χ0n) is 29.9. The minimum Gasteiger partial charge on any atom is -0.0882 e. The van der Waals surface area contributed by atoms with Crippen LogP contribution < -0.4 is 0 Å². The molecular formula is C45H72. The predicted molar refractivity (Wildman–Crippen MR) is 190 cm³/mol. The van der Waals surface area contributed by atoms with Crippen molar-refractivity contribution in [2.45, 2.75) is 168 Å². The van der Waals surface area contributed by atoms with Crippen LogP contribution in [-0.2, 0) is 0 Å². The first-order valence-electron chi connectivity index (χ1n) is 21.8. The fraction of sp³-hybridized carbons (Fsp3) is 0.956. The minimum absolute atomic E-state index is 0.621. The van der Waals surface area contributed by atoms with Crippen LogP contribution in [0.4, 0.5) is 0 Å². The molecule has 252 valence electrons. The second-order valence-electron chi connectivity index (χ2n) is 20.2. The Kier molecular flexibility index (Phi) is 8.59. The topological polar surface area (TPSA) is 0 Å². The maximum Gasteiger partial charge on any atom is -0.0199 e. The molecule has 0 nitrogen and oxygen atoms in total. The van der Waals surface area contributed by atoms with Gasteiger partial charge in [0.1, 0.15) is 0 Å². The normalized spacial score (nSPS) is 54.2. The molecule has 9 rings (SSSR count). The molecular weight excluding hydrogens is 540 g/mol. The first kappa shape index (κ1) is 30.8. The molecule has 0 amide bonds. The first-order valence-corrected chi connectivity index (χ1v) is 21.8. The van der Waals surface area contributed by atoms with Gasteiger partial charge in [0.15, 0.2) is 0 Å². The minimum atomic E-state index is 0.621. The van der Waals surface area contributed by atoms with Crippen LogP contribution in [0.25, 0.3) is 0 Å². The Balaban J connectivity index is 0.944. The number of rotatable bonds is 3. The van der Waals surface area contributed by atoms with E-state index in [9.17, 15) is 0 Å². The van der Waals surface area contributed by atoms with Gasteiger partial charge in [-0.25, -0.2) is 0 Å². The Labute approximate surface area is 279 Å². The van der Waals surface area contributed by atoms with Gasteiger partial charge in [0.25, 0.3) is 0 Å². The van der Waals surface area contributed by atoms with Crippen molar-refractivity contribution in [2.24, 2.45) is 100 Å². The van der Waals surface area contributed by atoms with E-state index in [0.29, 0.717) is 5.41 Å². The van der Waals surface area contributed by atoms with Crippen molar-refractivity contribution in [1.29, 1.82) is 0 Å². The monoisotopic (exact) mass is 613 g/mol. The second kappa shape index (κ2) is 12.6. The van der Waals surface area contributed by atoms with E-state index in [2.05, 4.69) is 26.0 Å². The van der Waals surface area contributed by atoms with Crippen molar-refractivity contribution in [3.63, 3.8) is 0 Å². The van der Waals surface area contributed by atoms with E-state index in [0.717, 1.165) is 94.7 Å². The molecule has 0 aromatic rings. The van der Waals surface area contributed by atoms with Gasteiger partial charge in [-0.15, -0.1) is 0 Å². The van der Waals surface area contributed by atoms with Gasteiger partial charge in [0, 0.05) is 0 Å². The number of allylic oxidation sites excluding steroid dienone is 2. The van der Waals surface area contributed by atoms with Crippen molar-refractivity contribution in [2.75, 3.05) is 0 Å². The maximum absolute atomic E-state index is 2.75. The van der Waals surface area contributed by atoms with E-state index in [-0.39, 0.29) is 0 Å². The summed E-state index contributed by atoms with van der Waals surface area (Å²) in [5.74, 6) is 17.2. The summed E-state index contributed by atoms with van der Waals surface area (Å²) in [6.45, 7) is 5.50. The molecule has 0 heterocycles. The van der Waals surface area contributed by atoms with E-state index in [4.69, 9.17) is 0 Å². The first-order chi connectivity index (χ1) is 22.1. The molecule has 0 spiro atoms. The lowest BCUT2D eigenvalue weighted by molar-refractivity contribution is -0.0731. The summed E-state index contributed by atoms with van der Waals surface area (Å²) < 4.78 is 0. The van der Waals surface area contributed by atoms with Crippen LogP contribution in [0.5, 0.6) is 0 Å². The third-order valence-corrected chi connectivity index (χ3v) is 18.7. The van der Waals surface area contributed by atoms with E-state index in [1.54, 1.807) is 135 Å². The van der Waals surface area contributed by atoms with Crippen molar-refractivity contribution >= 4 is 0 Å². The highest BCUT2D eigenvalue weighted by Crippen LogP contribution is 2.66. The summed E-state index contributed by atoms with van der Waals surface area (Å²) in [5, 5.41) is 0. The molecule has 9 aliphatic rings. The Morgan fingerprint density at radius 2 is 0.867 bits per heavy atom. The molecule has 16 unspecified atom stereocenters. The van der Waals surface area contributed by atoms with Gasteiger partial charge in [0.05, 0.1) is 0 Å². The van der Waals surface area contributed by atoms with Gasteiger partial charge >= 0.3 is 0 Å². The van der Waals surface area contributed by atoms with E-state index in [1.165, 1.54) is 19.3 Å². The van der Waals surface area contributed by atoms with Gasteiger partial charge in [-0.05, 0) is 203 Å². The smallest absolute Gasteiger partial charge is 0.0199 e. The molecule has 0 radical (unpaired) electrons. The predicted octanol–water partition coefficient (Wildman–Crippen LogP) is 12.9. The molecule has 8 saturated carbocycles. The lowest BCUT2D eigenvalue weighted by Crippen LogP contribution is -2.49. The van der Waals surface area contributed by atoms with Crippen LogP contribution >= 0.6 is 0 Å². The van der Waals surface area contributed by atoms with Crippen LogP contribution in [-0.4, -0.2) is 0 Å². The van der Waals surface area contributed by atoms with Crippen molar-refractivity contribution in [3.05, 3.63) is 12.2 Å². The molecule has 0 heteroatoms. The molecule has 0 saturated heterocycles. The summed E-state index contributed by atoms with van der Waals surface area (Å²) in [6, 6.07) is 0. The number of hydrogen-bond donors (Lipinski definition) is 0. The third-order valence-electron chi connectivity index (χ3n) is 18.7. The highest BCUT2D eigenvalue weighted by Gasteiger charge is 2.58. The summed E-state index contributed by atoms with van der Waals surface area (Å²) in [7, 11) is 0. The van der Waals surface area contributed by atoms with Gasteiger partial charge < -0.3 is 0 Å². The number of fused-ring (bicyclic) bond motifs is 7. The van der Waals surface area contributed by atoms with Crippen molar-refractivity contribution in [1.82, 2.24) is 0 Å². The Bertz CT molecular complexity index is 1050. The molecule has 0 aliphatic heterocycles. The third kappa shape index (κ3) is 5.23. The molecule has 0 aromatic carbocycles.